The highest BCUT2D eigenvalue weighted by atomic mass is 15.1. The van der Waals surface area contributed by atoms with Crippen molar-refractivity contribution in [3.8, 4) is 39.1 Å². The third-order valence-corrected chi connectivity index (χ3v) is 13.2. The maximum atomic E-state index is 2.55. The van der Waals surface area contributed by atoms with Crippen LogP contribution >= 0.6 is 0 Å². The average molecular weight is 739 g/mol. The van der Waals surface area contributed by atoms with E-state index in [2.05, 4.69) is 221 Å². The van der Waals surface area contributed by atoms with Crippen molar-refractivity contribution in [3.63, 3.8) is 0 Å². The molecule has 0 saturated carbocycles. The van der Waals surface area contributed by atoms with Crippen molar-refractivity contribution < 1.29 is 0 Å². The first-order valence-corrected chi connectivity index (χ1v) is 20.6. The van der Waals surface area contributed by atoms with Crippen LogP contribution in [0.25, 0.3) is 50.0 Å². The molecule has 0 fully saturated rings. The second-order valence-electron chi connectivity index (χ2n) is 18.1. The van der Waals surface area contributed by atoms with Crippen molar-refractivity contribution in [2.45, 2.75) is 70.6 Å². The fourth-order valence-corrected chi connectivity index (χ4v) is 10.0. The van der Waals surface area contributed by atoms with Gasteiger partial charge in [0.2, 0.25) is 0 Å². The number of hydrogen-bond donors (Lipinski definition) is 0. The number of fused-ring (bicyclic) bond motifs is 6. The lowest BCUT2D eigenvalue weighted by Gasteiger charge is -2.41. The molecular weight excluding hydrogens is 689 g/mol. The lowest BCUT2D eigenvalue weighted by molar-refractivity contribution is 0.324. The molecule has 2 nitrogen and oxygen atoms in total. The Kier molecular flexibility index (Phi) is 8.03. The maximum Gasteiger partial charge on any atom is 0.0535 e. The summed E-state index contributed by atoms with van der Waals surface area (Å²) < 4.78 is 2.55. The Morgan fingerprint density at radius 3 is 1.65 bits per heavy atom. The third kappa shape index (κ3) is 5.68. The van der Waals surface area contributed by atoms with Crippen LogP contribution < -0.4 is 4.90 Å². The summed E-state index contributed by atoms with van der Waals surface area (Å²) in [5, 5.41) is 1.37. The van der Waals surface area contributed by atoms with E-state index >= 15 is 0 Å². The predicted molar refractivity (Wildman–Crippen MR) is 242 cm³/mol. The third-order valence-electron chi connectivity index (χ3n) is 13.2. The number of para-hydroxylation sites is 1. The molecule has 10 rings (SSSR count). The van der Waals surface area contributed by atoms with E-state index in [1.165, 1.54) is 85.2 Å². The van der Waals surface area contributed by atoms with Gasteiger partial charge in [-0.05, 0) is 129 Å². The van der Waals surface area contributed by atoms with Crippen LogP contribution in [0.5, 0.6) is 0 Å². The summed E-state index contributed by atoms with van der Waals surface area (Å²) in [7, 11) is 0. The molecule has 0 unspecified atom stereocenters. The molecular formula is C55H50N2. The van der Waals surface area contributed by atoms with Crippen molar-refractivity contribution in [1.82, 2.24) is 4.57 Å². The van der Waals surface area contributed by atoms with Gasteiger partial charge in [0.05, 0.1) is 5.52 Å². The van der Waals surface area contributed by atoms with Gasteiger partial charge in [-0.2, -0.15) is 0 Å². The number of rotatable bonds is 6. The first-order valence-electron chi connectivity index (χ1n) is 20.6. The van der Waals surface area contributed by atoms with Gasteiger partial charge in [-0.15, -0.1) is 0 Å². The van der Waals surface area contributed by atoms with Gasteiger partial charge >= 0.3 is 0 Å². The van der Waals surface area contributed by atoms with Gasteiger partial charge in [0.25, 0.3) is 0 Å². The molecule has 0 N–H and O–H groups in total. The largest absolute Gasteiger partial charge is 0.313 e. The zero-order valence-corrected chi connectivity index (χ0v) is 34.0. The van der Waals surface area contributed by atoms with E-state index in [-0.39, 0.29) is 16.2 Å². The smallest absolute Gasteiger partial charge is 0.0535 e. The Morgan fingerprint density at radius 1 is 0.439 bits per heavy atom. The lowest BCUT2D eigenvalue weighted by atomic mass is 9.65. The second kappa shape index (κ2) is 13.0. The highest BCUT2D eigenvalue weighted by molar-refractivity contribution is 5.93. The van der Waals surface area contributed by atoms with Crippen LogP contribution in [0.3, 0.4) is 0 Å². The van der Waals surface area contributed by atoms with E-state index in [0.717, 1.165) is 17.1 Å². The number of aromatic nitrogens is 1. The lowest BCUT2D eigenvalue weighted by Crippen LogP contribution is -2.34. The van der Waals surface area contributed by atoms with E-state index in [4.69, 9.17) is 0 Å². The zero-order chi connectivity index (χ0) is 39.1. The number of anilines is 3. The molecule has 0 saturated heterocycles. The van der Waals surface area contributed by atoms with Crippen molar-refractivity contribution >= 4 is 28.0 Å². The maximum absolute atomic E-state index is 2.55. The predicted octanol–water partition coefficient (Wildman–Crippen LogP) is 15.1. The molecule has 0 bridgehead atoms. The van der Waals surface area contributed by atoms with Crippen molar-refractivity contribution in [3.05, 3.63) is 192 Å². The SMILES string of the molecule is CC1(C)CCC(C)(C)c2c1c1cc(-c3ccc(N(c4ccc(-c5ccccc5)cc4)c4ccc5c(c4)C(C)(C)c4ccccc4-5)cc3)ccc1n2-c1ccccc1. The van der Waals surface area contributed by atoms with Gasteiger partial charge in [0, 0.05) is 44.7 Å². The molecule has 0 spiro atoms. The molecule has 2 aliphatic rings. The van der Waals surface area contributed by atoms with Gasteiger partial charge in [-0.1, -0.05) is 151 Å². The minimum Gasteiger partial charge on any atom is -0.313 e. The van der Waals surface area contributed by atoms with Crippen molar-refractivity contribution in [1.29, 1.82) is 0 Å². The van der Waals surface area contributed by atoms with E-state index < -0.39 is 0 Å². The second-order valence-corrected chi connectivity index (χ2v) is 18.1. The summed E-state index contributed by atoms with van der Waals surface area (Å²) in [6.45, 7) is 14.5. The normalized spacial score (nSPS) is 15.8. The summed E-state index contributed by atoms with van der Waals surface area (Å²) in [4.78, 5) is 2.42. The molecule has 2 aliphatic carbocycles. The van der Waals surface area contributed by atoms with Crippen LogP contribution in [-0.4, -0.2) is 4.57 Å². The number of benzene rings is 7. The summed E-state index contributed by atoms with van der Waals surface area (Å²) >= 11 is 0. The molecule has 1 aromatic heterocycles. The first kappa shape index (κ1) is 35.3. The minimum atomic E-state index is -0.0876. The molecule has 0 radical (unpaired) electrons. The van der Waals surface area contributed by atoms with Crippen LogP contribution in [0.2, 0.25) is 0 Å². The Hall–Kier alpha value is -6.12. The minimum absolute atomic E-state index is 0.0693. The summed E-state index contributed by atoms with van der Waals surface area (Å²) in [5.41, 5.74) is 19.3. The van der Waals surface area contributed by atoms with Gasteiger partial charge < -0.3 is 9.47 Å². The van der Waals surface area contributed by atoms with E-state index in [9.17, 15) is 0 Å². The highest BCUT2D eigenvalue weighted by Gasteiger charge is 2.42. The van der Waals surface area contributed by atoms with Crippen LogP contribution in [0.4, 0.5) is 17.1 Å². The Morgan fingerprint density at radius 2 is 0.965 bits per heavy atom. The van der Waals surface area contributed by atoms with E-state index in [1.807, 2.05) is 0 Å². The molecule has 0 aliphatic heterocycles. The van der Waals surface area contributed by atoms with Gasteiger partial charge in [-0.3, -0.25) is 0 Å². The van der Waals surface area contributed by atoms with Crippen LogP contribution in [0.1, 0.15) is 76.8 Å². The molecule has 1 heterocycles. The summed E-state index contributed by atoms with van der Waals surface area (Å²) in [6.07, 6.45) is 2.35. The van der Waals surface area contributed by atoms with Crippen LogP contribution in [0.15, 0.2) is 170 Å². The Bertz CT molecular complexity index is 2780. The Labute approximate surface area is 338 Å². The number of hydrogen-bond acceptors (Lipinski definition) is 1. The first-order chi connectivity index (χ1) is 27.5. The monoisotopic (exact) mass is 738 g/mol. The standard InChI is InChI=1S/C55H50N2/c1-53(2)33-34-54(3,4)52-51(53)47-35-40(25-32-50(47)57(52)41-17-11-8-12-18-41)39-23-28-43(29-24-39)56(42-26-21-38(22-27-42)37-15-9-7-10-16-37)44-30-31-46-45-19-13-14-20-48(45)55(5,6)49(46)36-44/h7-32,35-36H,33-34H2,1-6H3. The van der Waals surface area contributed by atoms with Crippen molar-refractivity contribution in [2.75, 3.05) is 4.90 Å². The fraction of sp³-hybridized carbons (Fsp3) is 0.200. The van der Waals surface area contributed by atoms with E-state index in [1.54, 1.807) is 0 Å². The Balaban J connectivity index is 1.09. The molecule has 0 atom stereocenters. The van der Waals surface area contributed by atoms with Gasteiger partial charge in [-0.25, -0.2) is 0 Å². The van der Waals surface area contributed by atoms with Crippen LogP contribution in [0, 0.1) is 0 Å². The van der Waals surface area contributed by atoms with Crippen molar-refractivity contribution in [2.24, 2.45) is 0 Å². The van der Waals surface area contributed by atoms with Gasteiger partial charge in [0.15, 0.2) is 0 Å². The van der Waals surface area contributed by atoms with Gasteiger partial charge in [0.1, 0.15) is 0 Å². The zero-order valence-electron chi connectivity index (χ0n) is 34.0. The summed E-state index contributed by atoms with van der Waals surface area (Å²) in [5.74, 6) is 0. The molecule has 2 heteroatoms. The fourth-order valence-electron chi connectivity index (χ4n) is 10.0. The highest BCUT2D eigenvalue weighted by Crippen LogP contribution is 2.53. The molecule has 0 amide bonds. The number of nitrogens with zero attached hydrogens (tertiary/aromatic N) is 2. The molecule has 57 heavy (non-hydrogen) atoms. The molecule has 8 aromatic rings. The van der Waals surface area contributed by atoms with Crippen LogP contribution in [-0.2, 0) is 16.2 Å². The topological polar surface area (TPSA) is 8.17 Å². The molecule has 280 valence electrons. The summed E-state index contributed by atoms with van der Waals surface area (Å²) in [6, 6.07) is 62.9. The molecule has 7 aromatic carbocycles. The van der Waals surface area contributed by atoms with E-state index in [0.29, 0.717) is 0 Å². The quantitative estimate of drug-likeness (QED) is 0.165. The average Bonchev–Trinajstić information content (AvgIpc) is 3.71.